The zero-order chi connectivity index (χ0) is 12.5. The van der Waals surface area contributed by atoms with Crippen LogP contribution in [0.25, 0.3) is 0 Å². The van der Waals surface area contributed by atoms with Crippen LogP contribution in [0.3, 0.4) is 0 Å². The van der Waals surface area contributed by atoms with Crippen LogP contribution in [0, 0.1) is 0 Å². The zero-order valence-electron chi connectivity index (χ0n) is 8.83. The molecule has 0 spiro atoms. The summed E-state index contributed by atoms with van der Waals surface area (Å²) in [4.78, 5) is 10.6. The lowest BCUT2D eigenvalue weighted by Crippen LogP contribution is -2.37. The summed E-state index contributed by atoms with van der Waals surface area (Å²) in [6, 6.07) is 2.33. The molecule has 0 saturated carbocycles. The second-order valence-electron chi connectivity index (χ2n) is 3.44. The van der Waals surface area contributed by atoms with E-state index >= 15 is 0 Å². The van der Waals surface area contributed by atoms with Crippen LogP contribution >= 0.6 is 11.8 Å². The van der Waals surface area contributed by atoms with Gasteiger partial charge in [0.15, 0.2) is 0 Å². The summed E-state index contributed by atoms with van der Waals surface area (Å²) >= 11 is 1.69. The molecule has 1 aliphatic heterocycles. The van der Waals surface area contributed by atoms with Crippen molar-refractivity contribution in [3.05, 3.63) is 17.9 Å². The quantitative estimate of drug-likeness (QED) is 0.875. The lowest BCUT2D eigenvalue weighted by Gasteiger charge is -2.24. The van der Waals surface area contributed by atoms with Gasteiger partial charge in [-0.2, -0.15) is 16.1 Å². The minimum Gasteiger partial charge on any atom is -0.475 e. The Morgan fingerprint density at radius 3 is 2.53 bits per heavy atom. The molecule has 1 aliphatic rings. The number of furan rings is 1. The van der Waals surface area contributed by atoms with Crippen molar-refractivity contribution >= 4 is 27.8 Å². The molecule has 1 fully saturated rings. The first kappa shape index (κ1) is 12.5. The van der Waals surface area contributed by atoms with E-state index in [0.29, 0.717) is 13.1 Å². The molecule has 0 unspecified atom stereocenters. The van der Waals surface area contributed by atoms with Crippen LogP contribution in [0.1, 0.15) is 10.6 Å². The molecule has 94 valence electrons. The van der Waals surface area contributed by atoms with Crippen molar-refractivity contribution in [3.63, 3.8) is 0 Å². The van der Waals surface area contributed by atoms with Gasteiger partial charge in [-0.15, -0.1) is 0 Å². The Morgan fingerprint density at radius 1 is 1.35 bits per heavy atom. The molecule has 1 aromatic heterocycles. The van der Waals surface area contributed by atoms with Gasteiger partial charge in [0.25, 0.3) is 10.0 Å². The lowest BCUT2D eigenvalue weighted by atomic mass is 10.5. The van der Waals surface area contributed by atoms with E-state index in [4.69, 9.17) is 9.52 Å². The van der Waals surface area contributed by atoms with E-state index in [1.807, 2.05) is 0 Å². The van der Waals surface area contributed by atoms with E-state index in [0.717, 1.165) is 17.6 Å². The molecule has 0 aliphatic carbocycles. The average molecular weight is 277 g/mol. The van der Waals surface area contributed by atoms with Gasteiger partial charge in [0.1, 0.15) is 0 Å². The molecular formula is C9H11NO5S2. The van der Waals surface area contributed by atoms with Crippen LogP contribution in [0.4, 0.5) is 0 Å². The zero-order valence-corrected chi connectivity index (χ0v) is 10.5. The van der Waals surface area contributed by atoms with Gasteiger partial charge < -0.3 is 9.52 Å². The number of hydrogen-bond acceptors (Lipinski definition) is 5. The van der Waals surface area contributed by atoms with E-state index in [1.54, 1.807) is 11.8 Å². The highest BCUT2D eigenvalue weighted by molar-refractivity contribution is 7.99. The number of aromatic carboxylic acids is 1. The summed E-state index contributed by atoms with van der Waals surface area (Å²) < 4.78 is 30.2. The second kappa shape index (κ2) is 4.71. The van der Waals surface area contributed by atoms with Crippen LogP contribution in [0.15, 0.2) is 21.6 Å². The van der Waals surface area contributed by atoms with E-state index in [1.165, 1.54) is 10.4 Å². The molecule has 0 aromatic carbocycles. The van der Waals surface area contributed by atoms with Crippen LogP contribution in [-0.4, -0.2) is 48.4 Å². The summed E-state index contributed by atoms with van der Waals surface area (Å²) in [7, 11) is -3.68. The first-order valence-corrected chi connectivity index (χ1v) is 7.52. The summed E-state index contributed by atoms with van der Waals surface area (Å²) in [5, 5.41) is 8.36. The van der Waals surface area contributed by atoms with Crippen LogP contribution < -0.4 is 0 Å². The number of rotatable bonds is 3. The van der Waals surface area contributed by atoms with Gasteiger partial charge in [0.05, 0.1) is 0 Å². The van der Waals surface area contributed by atoms with E-state index in [2.05, 4.69) is 0 Å². The number of carboxylic acids is 1. The Balaban J connectivity index is 2.27. The average Bonchev–Trinajstić information content (AvgIpc) is 2.80. The molecule has 1 aromatic rings. The van der Waals surface area contributed by atoms with Crippen molar-refractivity contribution in [2.45, 2.75) is 5.09 Å². The number of carboxylic acid groups (broad SMARTS) is 1. The minimum atomic E-state index is -3.68. The number of hydrogen-bond donors (Lipinski definition) is 1. The van der Waals surface area contributed by atoms with Crippen molar-refractivity contribution in [2.75, 3.05) is 24.6 Å². The third kappa shape index (κ3) is 2.48. The first-order chi connectivity index (χ1) is 8.01. The molecular weight excluding hydrogens is 266 g/mol. The maximum Gasteiger partial charge on any atom is 0.371 e. The highest BCUT2D eigenvalue weighted by Gasteiger charge is 2.29. The topological polar surface area (TPSA) is 87.8 Å². The predicted molar refractivity (Wildman–Crippen MR) is 61.8 cm³/mol. The minimum absolute atomic E-state index is 0.304. The van der Waals surface area contributed by atoms with Gasteiger partial charge in [0, 0.05) is 24.6 Å². The molecule has 0 amide bonds. The number of sulfonamides is 1. The molecule has 0 atom stereocenters. The molecule has 1 N–H and O–H groups in total. The smallest absolute Gasteiger partial charge is 0.371 e. The fourth-order valence-electron chi connectivity index (χ4n) is 1.49. The van der Waals surface area contributed by atoms with Crippen molar-refractivity contribution in [1.29, 1.82) is 0 Å². The fraction of sp³-hybridized carbons (Fsp3) is 0.444. The number of thioether (sulfide) groups is 1. The molecule has 1 saturated heterocycles. The normalized spacial score (nSPS) is 18.1. The van der Waals surface area contributed by atoms with Crippen LogP contribution in [-0.2, 0) is 10.0 Å². The lowest BCUT2D eigenvalue weighted by molar-refractivity contribution is 0.0656. The maximum atomic E-state index is 12.1. The van der Waals surface area contributed by atoms with Crippen LogP contribution in [0.5, 0.6) is 0 Å². The summed E-state index contributed by atoms with van der Waals surface area (Å²) in [6.07, 6.45) is 0. The Morgan fingerprint density at radius 2 is 2.00 bits per heavy atom. The third-order valence-electron chi connectivity index (χ3n) is 2.36. The summed E-state index contributed by atoms with van der Waals surface area (Å²) in [5.74, 6) is -0.159. The van der Waals surface area contributed by atoms with E-state index in [9.17, 15) is 13.2 Å². The molecule has 2 heterocycles. The summed E-state index contributed by atoms with van der Waals surface area (Å²) in [5.41, 5.74) is 0. The highest BCUT2D eigenvalue weighted by atomic mass is 32.2. The Hall–Kier alpha value is -0.990. The highest BCUT2D eigenvalue weighted by Crippen LogP contribution is 2.21. The third-order valence-corrected chi connectivity index (χ3v) is 5.07. The van der Waals surface area contributed by atoms with Crippen molar-refractivity contribution in [3.8, 4) is 0 Å². The van der Waals surface area contributed by atoms with Gasteiger partial charge in [-0.05, 0) is 12.1 Å². The first-order valence-electron chi connectivity index (χ1n) is 4.93. The number of carbonyl (C=O) groups is 1. The molecule has 2 rings (SSSR count). The van der Waals surface area contributed by atoms with Gasteiger partial charge in [-0.25, -0.2) is 13.2 Å². The maximum absolute atomic E-state index is 12.1. The Labute approximate surface area is 103 Å². The second-order valence-corrected chi connectivity index (χ2v) is 6.53. The van der Waals surface area contributed by atoms with Gasteiger partial charge in [0.2, 0.25) is 10.9 Å². The summed E-state index contributed by atoms with van der Waals surface area (Å²) in [6.45, 7) is 0.853. The van der Waals surface area contributed by atoms with Crippen molar-refractivity contribution in [2.24, 2.45) is 0 Å². The molecule has 6 nitrogen and oxygen atoms in total. The van der Waals surface area contributed by atoms with Gasteiger partial charge >= 0.3 is 5.97 Å². The fourth-order valence-corrected chi connectivity index (χ4v) is 3.98. The molecule has 8 heteroatoms. The SMILES string of the molecule is O=C(O)c1ccc(S(=O)(=O)N2CCSCC2)o1. The van der Waals surface area contributed by atoms with E-state index < -0.39 is 16.0 Å². The van der Waals surface area contributed by atoms with Gasteiger partial charge in [-0.1, -0.05) is 0 Å². The standard InChI is InChI=1S/C9H11NO5S2/c11-9(12)7-1-2-8(15-7)17(13,14)10-3-5-16-6-4-10/h1-2H,3-6H2,(H,11,12). The monoisotopic (exact) mass is 277 g/mol. The van der Waals surface area contributed by atoms with Gasteiger partial charge in [-0.3, -0.25) is 0 Å². The van der Waals surface area contributed by atoms with Crippen LogP contribution in [0.2, 0.25) is 0 Å². The largest absolute Gasteiger partial charge is 0.475 e. The number of nitrogens with zero attached hydrogens (tertiary/aromatic N) is 1. The molecule has 0 bridgehead atoms. The Kier molecular flexibility index (Phi) is 3.45. The van der Waals surface area contributed by atoms with Crippen molar-refractivity contribution < 1.29 is 22.7 Å². The molecule has 0 radical (unpaired) electrons. The predicted octanol–water partition coefficient (Wildman–Crippen LogP) is 0.715. The Bertz CT molecular complexity index is 515. The van der Waals surface area contributed by atoms with E-state index in [-0.39, 0.29) is 10.9 Å². The van der Waals surface area contributed by atoms with Crippen molar-refractivity contribution in [1.82, 2.24) is 4.31 Å². The molecule has 17 heavy (non-hydrogen) atoms.